The minimum atomic E-state index is -0.938. The predicted molar refractivity (Wildman–Crippen MR) is 141 cm³/mol. The van der Waals surface area contributed by atoms with E-state index < -0.39 is 42.1 Å². The highest BCUT2D eigenvalue weighted by molar-refractivity contribution is 9.10. The Morgan fingerprint density at radius 3 is 2.44 bits per heavy atom. The van der Waals surface area contributed by atoms with Gasteiger partial charge in [-0.15, -0.1) is 0 Å². The highest BCUT2D eigenvalue weighted by Gasteiger charge is 2.36. The lowest BCUT2D eigenvalue weighted by molar-refractivity contribution is -0.122. The van der Waals surface area contributed by atoms with E-state index in [-0.39, 0.29) is 28.3 Å². The lowest BCUT2D eigenvalue weighted by Crippen LogP contribution is -2.54. The fourth-order valence-electron chi connectivity index (χ4n) is 3.54. The van der Waals surface area contributed by atoms with Gasteiger partial charge in [0.05, 0.1) is 28.5 Å². The van der Waals surface area contributed by atoms with Gasteiger partial charge in [-0.2, -0.15) is 0 Å². The van der Waals surface area contributed by atoms with Crippen molar-refractivity contribution in [1.82, 2.24) is 5.32 Å². The molecule has 1 heterocycles. The van der Waals surface area contributed by atoms with Crippen LogP contribution >= 0.6 is 15.9 Å². The minimum absolute atomic E-state index is 0.0227. The first-order chi connectivity index (χ1) is 18.7. The summed E-state index contributed by atoms with van der Waals surface area (Å²) in [4.78, 5) is 62.6. The molecule has 2 N–H and O–H groups in total. The number of halogens is 2. The zero-order chi connectivity index (χ0) is 28.1. The van der Waals surface area contributed by atoms with Crippen LogP contribution in [-0.4, -0.2) is 43.4 Å². The fraction of sp³-hybridized carbons (Fsp3) is 0.0741. The molecule has 10 nitrogen and oxygen atoms in total. The molecule has 0 saturated carbocycles. The number of nitrogens with zero attached hydrogens (tertiary/aromatic N) is 1. The molecule has 3 aromatic rings. The van der Waals surface area contributed by atoms with Crippen molar-refractivity contribution >= 4 is 63.1 Å². The third kappa shape index (κ3) is 6.18. The number of ether oxygens (including phenoxy) is 2. The van der Waals surface area contributed by atoms with Crippen molar-refractivity contribution in [3.63, 3.8) is 0 Å². The van der Waals surface area contributed by atoms with Gasteiger partial charge in [-0.1, -0.05) is 18.2 Å². The van der Waals surface area contributed by atoms with Crippen LogP contribution < -0.4 is 20.3 Å². The molecule has 5 amide bonds. The second-order valence-electron chi connectivity index (χ2n) is 8.00. The number of anilines is 2. The molecule has 1 aliphatic heterocycles. The number of rotatable bonds is 7. The van der Waals surface area contributed by atoms with E-state index in [2.05, 4.69) is 31.3 Å². The van der Waals surface area contributed by atoms with Crippen molar-refractivity contribution in [2.75, 3.05) is 23.9 Å². The lowest BCUT2D eigenvalue weighted by Gasteiger charge is -2.26. The number of urea groups is 1. The van der Waals surface area contributed by atoms with Crippen LogP contribution in [0.1, 0.15) is 15.9 Å². The van der Waals surface area contributed by atoms with Crippen LogP contribution in [0.5, 0.6) is 5.75 Å². The third-order valence-corrected chi connectivity index (χ3v) is 6.04. The average Bonchev–Trinajstić information content (AvgIpc) is 2.91. The summed E-state index contributed by atoms with van der Waals surface area (Å²) in [6.07, 6.45) is 1.29. The molecule has 0 radical (unpaired) electrons. The lowest BCUT2D eigenvalue weighted by atomic mass is 10.1. The predicted octanol–water partition coefficient (Wildman–Crippen LogP) is 4.06. The van der Waals surface area contributed by atoms with Gasteiger partial charge in [0.25, 0.3) is 17.7 Å². The molecule has 3 aromatic carbocycles. The molecule has 1 saturated heterocycles. The van der Waals surface area contributed by atoms with Gasteiger partial charge < -0.3 is 14.8 Å². The Morgan fingerprint density at radius 2 is 1.77 bits per heavy atom. The number of hydrogen-bond acceptors (Lipinski definition) is 7. The van der Waals surface area contributed by atoms with Crippen LogP contribution in [0.15, 0.2) is 76.8 Å². The molecule has 0 aromatic heterocycles. The first-order valence-electron chi connectivity index (χ1n) is 11.2. The van der Waals surface area contributed by atoms with Crippen molar-refractivity contribution in [2.24, 2.45) is 0 Å². The Kier molecular flexibility index (Phi) is 8.15. The second-order valence-corrected chi connectivity index (χ2v) is 8.86. The molecule has 0 atom stereocenters. The summed E-state index contributed by atoms with van der Waals surface area (Å²) in [6.45, 7) is -0.403. The second kappa shape index (κ2) is 11.7. The summed E-state index contributed by atoms with van der Waals surface area (Å²) in [5.74, 6) is -3.21. The maximum absolute atomic E-state index is 13.7. The van der Waals surface area contributed by atoms with Crippen LogP contribution in [0.25, 0.3) is 6.08 Å². The van der Waals surface area contributed by atoms with E-state index in [0.717, 1.165) is 4.90 Å². The number of barbiturate groups is 1. The van der Waals surface area contributed by atoms with Crippen molar-refractivity contribution < 1.29 is 37.8 Å². The smallest absolute Gasteiger partial charge is 0.337 e. The summed E-state index contributed by atoms with van der Waals surface area (Å²) in [7, 11) is 1.22. The molecule has 39 heavy (non-hydrogen) atoms. The Balaban J connectivity index is 1.48. The molecule has 0 bridgehead atoms. The molecular formula is C27H19BrFN3O7. The molecule has 4 rings (SSSR count). The zero-order valence-electron chi connectivity index (χ0n) is 20.2. The quantitative estimate of drug-likeness (QED) is 0.239. The van der Waals surface area contributed by atoms with Gasteiger partial charge in [0, 0.05) is 0 Å². The Labute approximate surface area is 229 Å². The molecule has 1 aliphatic rings. The standard InChI is InChI=1S/C27H19BrFN3O7/c1-38-26(36)16-7-9-17(10-8-16)32-25(35)18(24(34)31-27(32)37)12-15-6-11-22(19(28)13-15)39-14-23(33)30-21-5-3-2-4-20(21)29/h2-13H,14H2,1H3,(H,30,33)(H,31,34,37)/b18-12-. The van der Waals surface area contributed by atoms with E-state index in [0.29, 0.717) is 10.0 Å². The minimum Gasteiger partial charge on any atom is -0.483 e. The SMILES string of the molecule is COC(=O)c1ccc(N2C(=O)NC(=O)/C(=C/c3ccc(OCC(=O)Nc4ccccc4F)c(Br)c3)C2=O)cc1. The number of imide groups is 2. The summed E-state index contributed by atoms with van der Waals surface area (Å²) in [5.41, 5.74) is 0.488. The number of benzene rings is 3. The number of amides is 5. The molecule has 0 unspecified atom stereocenters. The van der Waals surface area contributed by atoms with Gasteiger partial charge in [-0.05, 0) is 76.1 Å². The monoisotopic (exact) mass is 595 g/mol. The highest BCUT2D eigenvalue weighted by atomic mass is 79.9. The zero-order valence-corrected chi connectivity index (χ0v) is 21.8. The average molecular weight is 596 g/mol. The molecule has 12 heteroatoms. The topological polar surface area (TPSA) is 131 Å². The molecule has 0 aliphatic carbocycles. The Bertz CT molecular complexity index is 1520. The van der Waals surface area contributed by atoms with E-state index in [4.69, 9.17) is 4.74 Å². The number of carbonyl (C=O) groups is 5. The highest BCUT2D eigenvalue weighted by Crippen LogP contribution is 2.28. The number of para-hydroxylation sites is 1. The van der Waals surface area contributed by atoms with Crippen LogP contribution in [0, 0.1) is 5.82 Å². The number of hydrogen-bond donors (Lipinski definition) is 2. The Morgan fingerprint density at radius 1 is 1.05 bits per heavy atom. The van der Waals surface area contributed by atoms with Gasteiger partial charge in [0.2, 0.25) is 0 Å². The molecule has 0 spiro atoms. The number of esters is 1. The van der Waals surface area contributed by atoms with Crippen molar-refractivity contribution in [2.45, 2.75) is 0 Å². The third-order valence-electron chi connectivity index (χ3n) is 5.42. The maximum Gasteiger partial charge on any atom is 0.337 e. The van der Waals surface area contributed by atoms with Crippen LogP contribution in [-0.2, 0) is 19.1 Å². The summed E-state index contributed by atoms with van der Waals surface area (Å²) < 4.78 is 24.2. The Hall–Kier alpha value is -4.84. The normalized spacial score (nSPS) is 14.2. The van der Waals surface area contributed by atoms with Crippen LogP contribution in [0.2, 0.25) is 0 Å². The first-order valence-corrected chi connectivity index (χ1v) is 12.0. The van der Waals surface area contributed by atoms with Gasteiger partial charge in [0.1, 0.15) is 17.1 Å². The summed E-state index contributed by atoms with van der Waals surface area (Å²) in [5, 5.41) is 4.53. The van der Waals surface area contributed by atoms with Crippen LogP contribution in [0.4, 0.5) is 20.6 Å². The summed E-state index contributed by atoms with van der Waals surface area (Å²) >= 11 is 3.32. The molecular weight excluding hydrogens is 577 g/mol. The van der Waals surface area contributed by atoms with E-state index in [1.54, 1.807) is 12.1 Å². The van der Waals surface area contributed by atoms with Crippen molar-refractivity contribution in [3.8, 4) is 5.75 Å². The number of methoxy groups -OCH3 is 1. The van der Waals surface area contributed by atoms with Gasteiger partial charge in [-0.25, -0.2) is 18.9 Å². The van der Waals surface area contributed by atoms with Crippen molar-refractivity contribution in [1.29, 1.82) is 0 Å². The van der Waals surface area contributed by atoms with Crippen LogP contribution in [0.3, 0.4) is 0 Å². The first kappa shape index (κ1) is 27.2. The van der Waals surface area contributed by atoms with E-state index in [9.17, 15) is 28.4 Å². The summed E-state index contributed by atoms with van der Waals surface area (Å²) in [6, 6.07) is 14.9. The molecule has 198 valence electrons. The number of carbonyl (C=O) groups excluding carboxylic acids is 5. The van der Waals surface area contributed by atoms with E-state index in [1.807, 2.05) is 0 Å². The van der Waals surface area contributed by atoms with Gasteiger partial charge in [-0.3, -0.25) is 19.7 Å². The van der Waals surface area contributed by atoms with E-state index >= 15 is 0 Å². The molecule has 1 fully saturated rings. The largest absolute Gasteiger partial charge is 0.483 e. The van der Waals surface area contributed by atoms with Crippen molar-refractivity contribution in [3.05, 3.63) is 93.7 Å². The maximum atomic E-state index is 13.7. The van der Waals surface area contributed by atoms with Gasteiger partial charge >= 0.3 is 12.0 Å². The van der Waals surface area contributed by atoms with Gasteiger partial charge in [0.15, 0.2) is 6.61 Å². The number of nitrogens with one attached hydrogen (secondary N) is 2. The fourth-order valence-corrected chi connectivity index (χ4v) is 4.05. The van der Waals surface area contributed by atoms with E-state index in [1.165, 1.54) is 67.8 Å².